The van der Waals surface area contributed by atoms with Crippen LogP contribution in [-0.4, -0.2) is 39.3 Å². The molecule has 1 saturated carbocycles. The lowest BCUT2D eigenvalue weighted by atomic mass is 9.95. The molecule has 136 valence electrons. The van der Waals surface area contributed by atoms with Crippen molar-refractivity contribution in [2.24, 2.45) is 0 Å². The smallest absolute Gasteiger partial charge is 0.354 e. The van der Waals surface area contributed by atoms with Gasteiger partial charge in [-0.25, -0.2) is 9.78 Å². The van der Waals surface area contributed by atoms with Gasteiger partial charge in [-0.1, -0.05) is 6.42 Å². The molecular weight excluding hydrogens is 336 g/mol. The average molecular weight is 356 g/mol. The summed E-state index contributed by atoms with van der Waals surface area (Å²) in [5.41, 5.74) is 0.579. The molecule has 2 atom stereocenters. The van der Waals surface area contributed by atoms with Crippen LogP contribution in [0.25, 0.3) is 0 Å². The lowest BCUT2D eigenvalue weighted by Crippen LogP contribution is -2.34. The number of ether oxygens (including phenoxy) is 1. The highest BCUT2D eigenvalue weighted by molar-refractivity contribution is 6.05. The standard InChI is InChI=1S/C19H20N2O5/c22-16-3-1-2-4-17(16)26-14-7-5-13(6-8-14)21-18(23)12-9-10-20-15(11-12)19(24)25/h5-11,16-17,22H,1-4H2,(H,21,23)(H,24,25). The number of rotatable bonds is 5. The number of aromatic nitrogens is 1. The zero-order valence-electron chi connectivity index (χ0n) is 14.1. The molecule has 7 heteroatoms. The zero-order valence-corrected chi connectivity index (χ0v) is 14.1. The number of aliphatic hydroxyl groups excluding tert-OH is 1. The largest absolute Gasteiger partial charge is 0.488 e. The van der Waals surface area contributed by atoms with Gasteiger partial charge in [-0.3, -0.25) is 4.79 Å². The molecule has 0 spiro atoms. The third kappa shape index (κ3) is 4.37. The van der Waals surface area contributed by atoms with Crippen molar-refractivity contribution in [3.8, 4) is 5.75 Å². The van der Waals surface area contributed by atoms with Crippen LogP contribution < -0.4 is 10.1 Å². The fourth-order valence-electron chi connectivity index (χ4n) is 2.90. The SMILES string of the molecule is O=C(Nc1ccc(OC2CCCCC2O)cc1)c1ccnc(C(=O)O)c1. The maximum atomic E-state index is 12.2. The summed E-state index contributed by atoms with van der Waals surface area (Å²) in [4.78, 5) is 26.9. The number of benzene rings is 1. The number of aliphatic hydroxyl groups is 1. The van der Waals surface area contributed by atoms with Crippen LogP contribution in [0.15, 0.2) is 42.6 Å². The normalized spacial score (nSPS) is 19.6. The van der Waals surface area contributed by atoms with Crippen molar-refractivity contribution in [1.29, 1.82) is 0 Å². The number of nitrogens with zero attached hydrogens (tertiary/aromatic N) is 1. The summed E-state index contributed by atoms with van der Waals surface area (Å²) in [6.45, 7) is 0. The van der Waals surface area contributed by atoms with Crippen molar-refractivity contribution in [2.75, 3.05) is 5.32 Å². The van der Waals surface area contributed by atoms with Crippen molar-refractivity contribution in [2.45, 2.75) is 37.9 Å². The van der Waals surface area contributed by atoms with Crippen LogP contribution in [-0.2, 0) is 0 Å². The Morgan fingerprint density at radius 2 is 1.85 bits per heavy atom. The van der Waals surface area contributed by atoms with E-state index in [1.807, 2.05) is 0 Å². The minimum absolute atomic E-state index is 0.188. The molecule has 3 rings (SSSR count). The van der Waals surface area contributed by atoms with E-state index in [4.69, 9.17) is 9.84 Å². The average Bonchev–Trinajstić information content (AvgIpc) is 2.65. The van der Waals surface area contributed by atoms with E-state index in [0.717, 1.165) is 25.7 Å². The van der Waals surface area contributed by atoms with E-state index < -0.39 is 18.0 Å². The molecular formula is C19H20N2O5. The van der Waals surface area contributed by atoms with E-state index >= 15 is 0 Å². The van der Waals surface area contributed by atoms with Crippen molar-refractivity contribution in [1.82, 2.24) is 4.98 Å². The van der Waals surface area contributed by atoms with Crippen LogP contribution >= 0.6 is 0 Å². The van der Waals surface area contributed by atoms with Gasteiger partial charge in [0, 0.05) is 17.4 Å². The quantitative estimate of drug-likeness (QED) is 0.760. The van der Waals surface area contributed by atoms with Gasteiger partial charge in [0.25, 0.3) is 5.91 Å². The fourth-order valence-corrected chi connectivity index (χ4v) is 2.90. The number of carbonyl (C=O) groups excluding carboxylic acids is 1. The molecule has 1 aliphatic rings. The molecule has 1 fully saturated rings. The molecule has 2 aromatic rings. The summed E-state index contributed by atoms with van der Waals surface area (Å²) >= 11 is 0. The predicted octanol–water partition coefficient (Wildman–Crippen LogP) is 2.71. The highest BCUT2D eigenvalue weighted by Crippen LogP contribution is 2.25. The van der Waals surface area contributed by atoms with Gasteiger partial charge in [0.1, 0.15) is 17.5 Å². The van der Waals surface area contributed by atoms with Crippen LogP contribution in [0.5, 0.6) is 5.75 Å². The zero-order chi connectivity index (χ0) is 18.5. The number of hydrogen-bond donors (Lipinski definition) is 3. The molecule has 1 aliphatic carbocycles. The maximum Gasteiger partial charge on any atom is 0.354 e. The molecule has 26 heavy (non-hydrogen) atoms. The van der Waals surface area contributed by atoms with Crippen LogP contribution in [0.2, 0.25) is 0 Å². The van der Waals surface area contributed by atoms with E-state index in [9.17, 15) is 14.7 Å². The molecule has 2 unspecified atom stereocenters. The molecule has 0 saturated heterocycles. The Balaban J connectivity index is 1.62. The third-order valence-corrected chi connectivity index (χ3v) is 4.31. The highest BCUT2D eigenvalue weighted by atomic mass is 16.5. The fraction of sp³-hybridized carbons (Fsp3) is 0.316. The maximum absolute atomic E-state index is 12.2. The summed E-state index contributed by atoms with van der Waals surface area (Å²) < 4.78 is 5.82. The summed E-state index contributed by atoms with van der Waals surface area (Å²) in [6, 6.07) is 9.52. The summed E-state index contributed by atoms with van der Waals surface area (Å²) in [7, 11) is 0. The number of pyridine rings is 1. The second-order valence-electron chi connectivity index (χ2n) is 6.22. The number of carboxylic acids is 1. The molecule has 0 aliphatic heterocycles. The van der Waals surface area contributed by atoms with Crippen molar-refractivity contribution >= 4 is 17.6 Å². The van der Waals surface area contributed by atoms with Gasteiger partial charge in [0.15, 0.2) is 0 Å². The number of nitrogens with one attached hydrogen (secondary N) is 1. The summed E-state index contributed by atoms with van der Waals surface area (Å²) in [6.07, 6.45) is 4.28. The van der Waals surface area contributed by atoms with Crippen molar-refractivity contribution in [3.63, 3.8) is 0 Å². The van der Waals surface area contributed by atoms with Gasteiger partial charge < -0.3 is 20.3 Å². The van der Waals surface area contributed by atoms with Gasteiger partial charge >= 0.3 is 5.97 Å². The number of hydrogen-bond acceptors (Lipinski definition) is 5. The second-order valence-corrected chi connectivity index (χ2v) is 6.22. The summed E-state index contributed by atoms with van der Waals surface area (Å²) in [5, 5.41) is 21.6. The second kappa shape index (κ2) is 7.97. The van der Waals surface area contributed by atoms with Crippen LogP contribution in [0.3, 0.4) is 0 Å². The Morgan fingerprint density at radius 3 is 2.54 bits per heavy atom. The first kappa shape index (κ1) is 17.9. The van der Waals surface area contributed by atoms with Gasteiger partial charge in [-0.05, 0) is 55.7 Å². The topological polar surface area (TPSA) is 109 Å². The molecule has 1 amide bonds. The molecule has 3 N–H and O–H groups in total. The molecule has 1 aromatic heterocycles. The number of aromatic carboxylic acids is 1. The van der Waals surface area contributed by atoms with Crippen LogP contribution in [0.4, 0.5) is 5.69 Å². The minimum atomic E-state index is -1.19. The first-order chi connectivity index (χ1) is 12.5. The molecule has 1 heterocycles. The highest BCUT2D eigenvalue weighted by Gasteiger charge is 2.24. The number of carboxylic acid groups (broad SMARTS) is 1. The van der Waals surface area contributed by atoms with Crippen molar-refractivity contribution < 1.29 is 24.5 Å². The Bertz CT molecular complexity index is 791. The molecule has 0 radical (unpaired) electrons. The molecule has 0 bridgehead atoms. The van der Waals surface area contributed by atoms with E-state index in [0.29, 0.717) is 11.4 Å². The lowest BCUT2D eigenvalue weighted by molar-refractivity contribution is 0.00688. The first-order valence-corrected chi connectivity index (χ1v) is 8.48. The van der Waals surface area contributed by atoms with Gasteiger partial charge in [-0.2, -0.15) is 0 Å². The Hall–Kier alpha value is -2.93. The Morgan fingerprint density at radius 1 is 1.12 bits per heavy atom. The first-order valence-electron chi connectivity index (χ1n) is 8.48. The summed E-state index contributed by atoms with van der Waals surface area (Å²) in [5.74, 6) is -0.983. The Kier molecular flexibility index (Phi) is 5.48. The Labute approximate surface area is 150 Å². The number of amides is 1. The molecule has 1 aromatic carbocycles. The predicted molar refractivity (Wildman–Crippen MR) is 94.5 cm³/mol. The van der Waals surface area contributed by atoms with Crippen molar-refractivity contribution in [3.05, 3.63) is 53.9 Å². The lowest BCUT2D eigenvalue weighted by Gasteiger charge is -2.28. The van der Waals surface area contributed by atoms with Gasteiger partial charge in [0.05, 0.1) is 6.10 Å². The van der Waals surface area contributed by atoms with E-state index in [1.165, 1.54) is 18.3 Å². The third-order valence-electron chi connectivity index (χ3n) is 4.31. The van der Waals surface area contributed by atoms with Gasteiger partial charge in [-0.15, -0.1) is 0 Å². The minimum Gasteiger partial charge on any atom is -0.488 e. The van der Waals surface area contributed by atoms with E-state index in [1.54, 1.807) is 24.3 Å². The van der Waals surface area contributed by atoms with E-state index in [2.05, 4.69) is 10.3 Å². The van der Waals surface area contributed by atoms with Gasteiger partial charge in [0.2, 0.25) is 0 Å². The molecule has 7 nitrogen and oxygen atoms in total. The number of anilines is 1. The monoisotopic (exact) mass is 356 g/mol. The van der Waals surface area contributed by atoms with E-state index in [-0.39, 0.29) is 17.4 Å². The van der Waals surface area contributed by atoms with Crippen LogP contribution in [0.1, 0.15) is 46.5 Å². The van der Waals surface area contributed by atoms with Crippen LogP contribution in [0, 0.1) is 0 Å². The number of carbonyl (C=O) groups is 2.